The molecule has 1 heterocycles. The Morgan fingerprint density at radius 3 is 2.23 bits per heavy atom. The molecular weight excluding hydrogens is 278 g/mol. The van der Waals surface area contributed by atoms with Crippen molar-refractivity contribution in [3.63, 3.8) is 0 Å². The number of nitrogens with zero attached hydrogens (tertiary/aromatic N) is 1. The van der Waals surface area contributed by atoms with Crippen LogP contribution in [0.4, 0.5) is 0 Å². The van der Waals surface area contributed by atoms with Crippen LogP contribution in [-0.4, -0.2) is 28.5 Å². The van der Waals surface area contributed by atoms with E-state index in [9.17, 15) is 9.59 Å². The number of hydrogen-bond acceptors (Lipinski definition) is 3. The molecule has 1 amide bonds. The average Bonchev–Trinajstić information content (AvgIpc) is 2.87. The number of carbonyl (C=O) groups excluding carboxylic acids is 2. The second-order valence-corrected chi connectivity index (χ2v) is 8.09. The molecule has 1 aliphatic carbocycles. The van der Waals surface area contributed by atoms with Crippen LogP contribution in [0.15, 0.2) is 30.3 Å². The Labute approximate surface area is 131 Å². The van der Waals surface area contributed by atoms with E-state index >= 15 is 0 Å². The molecule has 0 unspecified atom stereocenters. The molecule has 1 saturated heterocycles. The number of esters is 1. The van der Waals surface area contributed by atoms with Gasteiger partial charge in [-0.1, -0.05) is 52.8 Å². The molecule has 118 valence electrons. The molecule has 22 heavy (non-hydrogen) atoms. The van der Waals surface area contributed by atoms with Gasteiger partial charge in [-0.3, -0.25) is 9.69 Å². The molecule has 1 aliphatic heterocycles. The van der Waals surface area contributed by atoms with Crippen LogP contribution in [-0.2, 0) is 9.53 Å². The van der Waals surface area contributed by atoms with E-state index in [0.29, 0.717) is 12.0 Å². The van der Waals surface area contributed by atoms with Crippen molar-refractivity contribution in [3.05, 3.63) is 35.9 Å². The first-order valence-electron chi connectivity index (χ1n) is 7.71. The van der Waals surface area contributed by atoms with Crippen molar-refractivity contribution in [3.8, 4) is 0 Å². The first-order chi connectivity index (χ1) is 10.1. The van der Waals surface area contributed by atoms with E-state index in [2.05, 4.69) is 0 Å². The smallest absolute Gasteiger partial charge is 0.334 e. The maximum Gasteiger partial charge on any atom is 0.334 e. The molecule has 1 saturated carbocycles. The van der Waals surface area contributed by atoms with Crippen LogP contribution < -0.4 is 0 Å². The third-order valence-corrected chi connectivity index (χ3v) is 4.87. The van der Waals surface area contributed by atoms with Crippen LogP contribution in [0.2, 0.25) is 0 Å². The number of benzene rings is 1. The van der Waals surface area contributed by atoms with Gasteiger partial charge >= 0.3 is 5.97 Å². The maximum atomic E-state index is 13.1. The summed E-state index contributed by atoms with van der Waals surface area (Å²) in [7, 11) is 0. The molecule has 3 rings (SSSR count). The van der Waals surface area contributed by atoms with Gasteiger partial charge in [0.1, 0.15) is 5.54 Å². The summed E-state index contributed by atoms with van der Waals surface area (Å²) in [6, 6.07) is 9.12. The highest BCUT2D eigenvalue weighted by molar-refractivity contribution is 6.02. The highest BCUT2D eigenvalue weighted by atomic mass is 16.6. The number of rotatable bonds is 1. The predicted molar refractivity (Wildman–Crippen MR) is 83.1 cm³/mol. The summed E-state index contributed by atoms with van der Waals surface area (Å²) in [6.07, 6.45) is 0.124. The zero-order valence-corrected chi connectivity index (χ0v) is 13.8. The summed E-state index contributed by atoms with van der Waals surface area (Å²) in [5, 5.41) is 0. The maximum absolute atomic E-state index is 13.1. The number of ether oxygens (including phenoxy) is 1. The van der Waals surface area contributed by atoms with Crippen molar-refractivity contribution < 1.29 is 14.3 Å². The molecule has 0 N–H and O–H groups in total. The van der Waals surface area contributed by atoms with E-state index < -0.39 is 11.8 Å². The summed E-state index contributed by atoms with van der Waals surface area (Å²) >= 11 is 0. The third kappa shape index (κ3) is 1.89. The summed E-state index contributed by atoms with van der Waals surface area (Å²) in [5.41, 5.74) is -0.786. The largest absolute Gasteiger partial charge is 0.439 e. The van der Waals surface area contributed by atoms with Gasteiger partial charge in [0.15, 0.2) is 6.23 Å². The van der Waals surface area contributed by atoms with E-state index in [1.807, 2.05) is 52.8 Å². The van der Waals surface area contributed by atoms with Crippen LogP contribution >= 0.6 is 0 Å². The van der Waals surface area contributed by atoms with E-state index in [4.69, 9.17) is 4.74 Å². The van der Waals surface area contributed by atoms with Gasteiger partial charge in [-0.25, -0.2) is 4.79 Å². The first kappa shape index (κ1) is 15.1. The van der Waals surface area contributed by atoms with Crippen molar-refractivity contribution in [1.82, 2.24) is 4.90 Å². The Bertz CT molecular complexity index is 629. The molecule has 2 aliphatic rings. The van der Waals surface area contributed by atoms with Gasteiger partial charge in [0.2, 0.25) is 0 Å². The van der Waals surface area contributed by atoms with Crippen molar-refractivity contribution >= 4 is 11.9 Å². The highest BCUT2D eigenvalue weighted by Crippen LogP contribution is 2.64. The zero-order chi connectivity index (χ0) is 16.3. The highest BCUT2D eigenvalue weighted by Gasteiger charge is 2.77. The molecule has 0 aromatic heterocycles. The molecule has 4 nitrogen and oxygen atoms in total. The first-order valence-corrected chi connectivity index (χ1v) is 7.71. The summed E-state index contributed by atoms with van der Waals surface area (Å²) in [6.45, 7) is 10.0. The lowest BCUT2D eigenvalue weighted by atomic mass is 9.91. The Morgan fingerprint density at radius 2 is 1.77 bits per heavy atom. The van der Waals surface area contributed by atoms with Gasteiger partial charge < -0.3 is 4.74 Å². The van der Waals surface area contributed by atoms with E-state index in [-0.39, 0.29) is 22.7 Å². The fraction of sp³-hybridized carbons (Fsp3) is 0.556. The molecule has 2 atom stereocenters. The lowest BCUT2D eigenvalue weighted by Crippen LogP contribution is -2.51. The Hall–Kier alpha value is -1.84. The number of carbonyl (C=O) groups is 2. The van der Waals surface area contributed by atoms with Crippen molar-refractivity contribution in [2.45, 2.75) is 52.8 Å². The fourth-order valence-electron chi connectivity index (χ4n) is 3.47. The molecule has 1 spiro atoms. The van der Waals surface area contributed by atoms with Gasteiger partial charge in [0.25, 0.3) is 5.91 Å². The van der Waals surface area contributed by atoms with E-state index in [1.54, 1.807) is 17.0 Å². The van der Waals surface area contributed by atoms with E-state index in [1.165, 1.54) is 0 Å². The normalized spacial score (nSPS) is 29.6. The lowest BCUT2D eigenvalue weighted by Gasteiger charge is -2.35. The quantitative estimate of drug-likeness (QED) is 0.748. The molecule has 0 bridgehead atoms. The molecule has 1 aromatic rings. The minimum atomic E-state index is -0.808. The molecule has 4 heteroatoms. The minimum absolute atomic E-state index is 0.128. The Morgan fingerprint density at radius 1 is 1.23 bits per heavy atom. The van der Waals surface area contributed by atoms with Crippen LogP contribution in [0.3, 0.4) is 0 Å². The second-order valence-electron chi connectivity index (χ2n) is 8.09. The number of amides is 1. The van der Waals surface area contributed by atoms with Gasteiger partial charge in [-0.15, -0.1) is 0 Å². The minimum Gasteiger partial charge on any atom is -0.439 e. The second kappa shape index (κ2) is 4.34. The van der Waals surface area contributed by atoms with Crippen molar-refractivity contribution in [1.29, 1.82) is 0 Å². The van der Waals surface area contributed by atoms with E-state index in [0.717, 1.165) is 0 Å². The summed E-state index contributed by atoms with van der Waals surface area (Å²) in [5.74, 6) is -0.390. The van der Waals surface area contributed by atoms with Crippen LogP contribution in [0, 0.1) is 10.8 Å². The van der Waals surface area contributed by atoms with Gasteiger partial charge in [0.05, 0.1) is 0 Å². The molecule has 0 radical (unpaired) electrons. The molecule has 1 aromatic carbocycles. The summed E-state index contributed by atoms with van der Waals surface area (Å²) in [4.78, 5) is 27.3. The van der Waals surface area contributed by atoms with Crippen LogP contribution in [0.25, 0.3) is 0 Å². The molecule has 2 fully saturated rings. The summed E-state index contributed by atoms with van der Waals surface area (Å²) < 4.78 is 5.66. The topological polar surface area (TPSA) is 46.6 Å². The van der Waals surface area contributed by atoms with Crippen molar-refractivity contribution in [2.24, 2.45) is 10.8 Å². The molecular formula is C18H23NO3. The fourth-order valence-corrected chi connectivity index (χ4v) is 3.47. The average molecular weight is 301 g/mol. The lowest BCUT2D eigenvalue weighted by molar-refractivity contribution is -0.147. The van der Waals surface area contributed by atoms with Gasteiger partial charge in [-0.2, -0.15) is 0 Å². The monoisotopic (exact) mass is 301 g/mol. The van der Waals surface area contributed by atoms with Crippen LogP contribution in [0.1, 0.15) is 51.4 Å². The standard InChI is InChI=1S/C18H23NO3/c1-16(2,3)14-19(13(20)12-9-7-6-8-10-12)18(15(21)22-14)11-17(18,4)5/h6-10,14H,11H2,1-5H3/t14-,18-/m0/s1. The Kier molecular flexibility index (Phi) is 2.97. The number of cyclic esters (lactones) is 1. The Balaban J connectivity index is 2.07. The van der Waals surface area contributed by atoms with Gasteiger partial charge in [-0.05, 0) is 18.6 Å². The zero-order valence-electron chi connectivity index (χ0n) is 13.8. The SMILES string of the molecule is CC(C)(C)[C@@H]1OC(=O)[C@]2(CC2(C)C)N1C(=O)c1ccccc1. The van der Waals surface area contributed by atoms with Gasteiger partial charge in [0, 0.05) is 16.4 Å². The number of hydrogen-bond donors (Lipinski definition) is 0. The predicted octanol–water partition coefficient (Wildman–Crippen LogP) is 3.23. The van der Waals surface area contributed by atoms with Crippen LogP contribution in [0.5, 0.6) is 0 Å². The third-order valence-electron chi connectivity index (χ3n) is 4.87. The van der Waals surface area contributed by atoms with Crippen molar-refractivity contribution in [2.75, 3.05) is 0 Å².